The molecule has 10 nitrogen and oxygen atoms in total. The van der Waals surface area contributed by atoms with Crippen molar-refractivity contribution in [3.05, 3.63) is 99.1 Å². The first-order valence-electron chi connectivity index (χ1n) is 10.1. The number of imide groups is 1. The number of esters is 2. The number of nitro benzene ring substituents is 1. The molecule has 0 unspecified atom stereocenters. The topological polar surface area (TPSA) is 133 Å². The van der Waals surface area contributed by atoms with Crippen molar-refractivity contribution in [1.82, 2.24) is 0 Å². The number of amides is 2. The molecule has 0 aliphatic carbocycles. The highest BCUT2D eigenvalue weighted by molar-refractivity contribution is 6.34. The van der Waals surface area contributed by atoms with Gasteiger partial charge >= 0.3 is 11.9 Å². The van der Waals surface area contributed by atoms with Crippen molar-refractivity contribution < 1.29 is 33.6 Å². The van der Waals surface area contributed by atoms with E-state index in [9.17, 15) is 29.3 Å². The van der Waals surface area contributed by atoms with Crippen LogP contribution in [0.25, 0.3) is 0 Å². The molecule has 0 fully saturated rings. The van der Waals surface area contributed by atoms with Gasteiger partial charge in [0.2, 0.25) is 0 Å². The standard InChI is InChI=1S/C24H16N2O8/c1-2-33-23(29)14-6-9-16(10-7-14)25-21(27)19-11-8-15(12-20(19)22(25)28)24(30)34-18-5-3-4-17(13-18)26(31)32/h3-13H,2H2,1H3. The number of nitrogens with zero attached hydrogens (tertiary/aromatic N) is 2. The first kappa shape index (κ1) is 22.3. The Morgan fingerprint density at radius 3 is 2.24 bits per heavy atom. The minimum atomic E-state index is -0.846. The van der Waals surface area contributed by atoms with Gasteiger partial charge in [-0.15, -0.1) is 0 Å². The number of hydrogen-bond acceptors (Lipinski definition) is 8. The Bertz CT molecular complexity index is 1350. The molecule has 0 N–H and O–H groups in total. The van der Waals surface area contributed by atoms with Gasteiger partial charge < -0.3 is 9.47 Å². The van der Waals surface area contributed by atoms with Gasteiger partial charge in [0.1, 0.15) is 5.75 Å². The molecular formula is C24H16N2O8. The van der Waals surface area contributed by atoms with Crippen LogP contribution in [0, 0.1) is 10.1 Å². The third-order valence-electron chi connectivity index (χ3n) is 5.00. The SMILES string of the molecule is CCOC(=O)c1ccc(N2C(=O)c3ccc(C(=O)Oc4cccc([N+](=O)[O-])c4)cc3C2=O)cc1. The van der Waals surface area contributed by atoms with Gasteiger partial charge in [0.05, 0.1) is 45.5 Å². The van der Waals surface area contributed by atoms with Crippen LogP contribution >= 0.6 is 0 Å². The number of carbonyl (C=O) groups excluding carboxylic acids is 4. The number of hydrogen-bond donors (Lipinski definition) is 0. The highest BCUT2D eigenvalue weighted by Crippen LogP contribution is 2.30. The second-order valence-electron chi connectivity index (χ2n) is 7.12. The Balaban J connectivity index is 1.56. The van der Waals surface area contributed by atoms with E-state index in [-0.39, 0.29) is 46.0 Å². The van der Waals surface area contributed by atoms with Gasteiger partial charge in [0.15, 0.2) is 0 Å². The van der Waals surface area contributed by atoms with Gasteiger partial charge in [-0.2, -0.15) is 0 Å². The van der Waals surface area contributed by atoms with E-state index in [0.29, 0.717) is 0 Å². The normalized spacial score (nSPS) is 12.3. The minimum Gasteiger partial charge on any atom is -0.462 e. The summed E-state index contributed by atoms with van der Waals surface area (Å²) >= 11 is 0. The Labute approximate surface area is 192 Å². The first-order valence-corrected chi connectivity index (χ1v) is 10.1. The Morgan fingerprint density at radius 2 is 1.56 bits per heavy atom. The van der Waals surface area contributed by atoms with Crippen LogP contribution in [-0.4, -0.2) is 35.3 Å². The van der Waals surface area contributed by atoms with Crippen LogP contribution in [0.2, 0.25) is 0 Å². The molecule has 1 aliphatic heterocycles. The fraction of sp³-hybridized carbons (Fsp3) is 0.0833. The Hall–Kier alpha value is -4.86. The molecule has 0 spiro atoms. The molecule has 170 valence electrons. The molecule has 3 aromatic carbocycles. The summed E-state index contributed by atoms with van der Waals surface area (Å²) in [5.74, 6) is -2.63. The van der Waals surface area contributed by atoms with Crippen molar-refractivity contribution in [3.8, 4) is 5.75 Å². The number of nitro groups is 1. The molecular weight excluding hydrogens is 444 g/mol. The molecule has 2 amide bonds. The predicted molar refractivity (Wildman–Crippen MR) is 118 cm³/mol. The van der Waals surface area contributed by atoms with Gasteiger partial charge in [0.25, 0.3) is 17.5 Å². The molecule has 10 heteroatoms. The summed E-state index contributed by atoms with van der Waals surface area (Å²) in [7, 11) is 0. The second-order valence-corrected chi connectivity index (χ2v) is 7.12. The number of benzene rings is 3. The largest absolute Gasteiger partial charge is 0.462 e. The zero-order chi connectivity index (χ0) is 24.4. The van der Waals surface area contributed by atoms with Crippen LogP contribution in [0.4, 0.5) is 11.4 Å². The third-order valence-corrected chi connectivity index (χ3v) is 5.00. The van der Waals surface area contributed by atoms with E-state index in [1.807, 2.05) is 0 Å². The minimum absolute atomic E-state index is 0.00737. The van der Waals surface area contributed by atoms with Crippen molar-refractivity contribution in [2.75, 3.05) is 11.5 Å². The lowest BCUT2D eigenvalue weighted by Gasteiger charge is -2.14. The maximum atomic E-state index is 13.0. The van der Waals surface area contributed by atoms with E-state index in [0.717, 1.165) is 11.0 Å². The smallest absolute Gasteiger partial charge is 0.343 e. The molecule has 0 saturated heterocycles. The monoisotopic (exact) mass is 460 g/mol. The fourth-order valence-electron chi connectivity index (χ4n) is 3.39. The molecule has 0 radical (unpaired) electrons. The lowest BCUT2D eigenvalue weighted by Crippen LogP contribution is -2.29. The second kappa shape index (κ2) is 8.94. The summed E-state index contributed by atoms with van der Waals surface area (Å²) < 4.78 is 10.1. The number of non-ortho nitro benzene ring substituents is 1. The molecule has 0 saturated carbocycles. The van der Waals surface area contributed by atoms with Crippen LogP contribution in [0.5, 0.6) is 5.75 Å². The molecule has 0 bridgehead atoms. The van der Waals surface area contributed by atoms with Crippen LogP contribution in [0.3, 0.4) is 0 Å². The summed E-state index contributed by atoms with van der Waals surface area (Å²) in [4.78, 5) is 61.4. The number of fused-ring (bicyclic) bond motifs is 1. The average Bonchev–Trinajstić information content (AvgIpc) is 3.08. The summed E-state index contributed by atoms with van der Waals surface area (Å²) in [6.07, 6.45) is 0. The quantitative estimate of drug-likeness (QED) is 0.178. The number of ether oxygens (including phenoxy) is 2. The van der Waals surface area contributed by atoms with E-state index < -0.39 is 28.7 Å². The zero-order valence-corrected chi connectivity index (χ0v) is 17.7. The van der Waals surface area contributed by atoms with E-state index in [1.165, 1.54) is 60.7 Å². The van der Waals surface area contributed by atoms with E-state index in [4.69, 9.17) is 9.47 Å². The van der Waals surface area contributed by atoms with E-state index in [2.05, 4.69) is 0 Å². The fourth-order valence-corrected chi connectivity index (χ4v) is 3.39. The van der Waals surface area contributed by atoms with Crippen molar-refractivity contribution in [1.29, 1.82) is 0 Å². The number of rotatable bonds is 6. The van der Waals surface area contributed by atoms with Crippen molar-refractivity contribution in [2.45, 2.75) is 6.92 Å². The number of carbonyl (C=O) groups is 4. The van der Waals surface area contributed by atoms with Crippen LogP contribution in [0.1, 0.15) is 48.4 Å². The molecule has 1 heterocycles. The number of anilines is 1. The lowest BCUT2D eigenvalue weighted by atomic mass is 10.1. The highest BCUT2D eigenvalue weighted by Gasteiger charge is 2.37. The molecule has 3 aromatic rings. The van der Waals surface area contributed by atoms with Crippen molar-refractivity contribution in [2.24, 2.45) is 0 Å². The van der Waals surface area contributed by atoms with E-state index >= 15 is 0 Å². The van der Waals surface area contributed by atoms with Gasteiger partial charge in [-0.1, -0.05) is 6.07 Å². The van der Waals surface area contributed by atoms with Crippen LogP contribution < -0.4 is 9.64 Å². The van der Waals surface area contributed by atoms with Gasteiger partial charge in [0, 0.05) is 6.07 Å². The molecule has 1 aliphatic rings. The average molecular weight is 460 g/mol. The van der Waals surface area contributed by atoms with Crippen molar-refractivity contribution >= 4 is 35.1 Å². The maximum Gasteiger partial charge on any atom is 0.343 e. The molecule has 4 rings (SSSR count). The van der Waals surface area contributed by atoms with Crippen molar-refractivity contribution in [3.63, 3.8) is 0 Å². The predicted octanol–water partition coefficient (Wildman–Crippen LogP) is 3.79. The van der Waals surface area contributed by atoms with Gasteiger partial charge in [-0.25, -0.2) is 14.5 Å². The maximum absolute atomic E-state index is 13.0. The Kier molecular flexibility index (Phi) is 5.88. The van der Waals surface area contributed by atoms with Crippen LogP contribution in [-0.2, 0) is 4.74 Å². The summed E-state index contributed by atoms with van der Waals surface area (Å²) in [5, 5.41) is 10.9. The molecule has 34 heavy (non-hydrogen) atoms. The van der Waals surface area contributed by atoms with Gasteiger partial charge in [-0.3, -0.25) is 19.7 Å². The lowest BCUT2D eigenvalue weighted by molar-refractivity contribution is -0.384. The molecule has 0 aromatic heterocycles. The van der Waals surface area contributed by atoms with E-state index in [1.54, 1.807) is 6.92 Å². The highest BCUT2D eigenvalue weighted by atomic mass is 16.6. The summed E-state index contributed by atoms with van der Waals surface area (Å²) in [5.41, 5.74) is 0.378. The first-order chi connectivity index (χ1) is 16.3. The molecule has 0 atom stereocenters. The van der Waals surface area contributed by atoms with Gasteiger partial charge in [-0.05, 0) is 55.5 Å². The van der Waals surface area contributed by atoms with Crippen LogP contribution in [0.15, 0.2) is 66.7 Å². The zero-order valence-electron chi connectivity index (χ0n) is 17.7. The summed E-state index contributed by atoms with van der Waals surface area (Å²) in [6.45, 7) is 1.89. The summed E-state index contributed by atoms with van der Waals surface area (Å²) in [6, 6.07) is 14.8. The Morgan fingerprint density at radius 1 is 0.882 bits per heavy atom. The third kappa shape index (κ3) is 4.11.